The smallest absolute Gasteiger partial charge is 0.123 e. The van der Waals surface area contributed by atoms with Crippen molar-refractivity contribution in [2.45, 2.75) is 32.0 Å². The standard InChI is InChI=1S/C23H28N4/c1-25(2)21-11-6-10-20(16-21)22-12-7-14-26(22)18-23-24-13-15-27(23)17-19-8-4-3-5-9-19/h3-6,8-11,13,15-16,22H,7,12,14,17-18H2,1-2H3. The fourth-order valence-corrected chi connectivity index (χ4v) is 4.00. The van der Waals surface area contributed by atoms with Crippen molar-refractivity contribution in [3.05, 3.63) is 83.9 Å². The zero-order valence-electron chi connectivity index (χ0n) is 16.3. The van der Waals surface area contributed by atoms with E-state index in [2.05, 4.69) is 94.2 Å². The second-order valence-electron chi connectivity index (χ2n) is 7.57. The van der Waals surface area contributed by atoms with E-state index in [1.165, 1.54) is 29.7 Å². The number of hydrogen-bond donors (Lipinski definition) is 0. The molecule has 4 nitrogen and oxygen atoms in total. The first-order chi connectivity index (χ1) is 13.2. The van der Waals surface area contributed by atoms with Gasteiger partial charge in [0.1, 0.15) is 5.82 Å². The van der Waals surface area contributed by atoms with Gasteiger partial charge < -0.3 is 9.47 Å². The molecular weight excluding hydrogens is 332 g/mol. The van der Waals surface area contributed by atoms with Gasteiger partial charge in [-0.1, -0.05) is 42.5 Å². The molecule has 3 aromatic rings. The predicted octanol–water partition coefficient (Wildman–Crippen LogP) is 4.33. The number of hydrogen-bond acceptors (Lipinski definition) is 3. The minimum absolute atomic E-state index is 0.478. The Morgan fingerprint density at radius 2 is 1.89 bits per heavy atom. The fourth-order valence-electron chi connectivity index (χ4n) is 4.00. The minimum atomic E-state index is 0.478. The van der Waals surface area contributed by atoms with Crippen molar-refractivity contribution in [1.29, 1.82) is 0 Å². The zero-order chi connectivity index (χ0) is 18.6. The van der Waals surface area contributed by atoms with Crippen molar-refractivity contribution in [3.63, 3.8) is 0 Å². The molecule has 1 unspecified atom stereocenters. The zero-order valence-corrected chi connectivity index (χ0v) is 16.3. The summed E-state index contributed by atoms with van der Waals surface area (Å²) in [5.41, 5.74) is 4.00. The molecule has 0 aliphatic carbocycles. The molecule has 1 saturated heterocycles. The quantitative estimate of drug-likeness (QED) is 0.654. The summed E-state index contributed by atoms with van der Waals surface area (Å²) in [6, 6.07) is 20.0. The van der Waals surface area contributed by atoms with Crippen LogP contribution in [-0.4, -0.2) is 35.1 Å². The van der Waals surface area contributed by atoms with Crippen LogP contribution in [0.1, 0.15) is 35.8 Å². The first kappa shape index (κ1) is 17.8. The predicted molar refractivity (Wildman–Crippen MR) is 111 cm³/mol. The highest BCUT2D eigenvalue weighted by atomic mass is 15.2. The van der Waals surface area contributed by atoms with E-state index in [1.807, 2.05) is 6.20 Å². The Balaban J connectivity index is 1.51. The second-order valence-corrected chi connectivity index (χ2v) is 7.57. The Bertz CT molecular complexity index is 869. The Kier molecular flexibility index (Phi) is 5.26. The van der Waals surface area contributed by atoms with E-state index in [1.54, 1.807) is 0 Å². The monoisotopic (exact) mass is 360 g/mol. The molecular formula is C23H28N4. The Hall–Kier alpha value is -2.59. The molecule has 0 radical (unpaired) electrons. The van der Waals surface area contributed by atoms with Gasteiger partial charge in [0.2, 0.25) is 0 Å². The van der Waals surface area contributed by atoms with Crippen LogP contribution in [-0.2, 0) is 13.1 Å². The number of likely N-dealkylation sites (tertiary alicyclic amines) is 1. The number of nitrogens with zero attached hydrogens (tertiary/aromatic N) is 4. The van der Waals surface area contributed by atoms with Gasteiger partial charge in [0.25, 0.3) is 0 Å². The summed E-state index contributed by atoms with van der Waals surface area (Å²) in [6.07, 6.45) is 6.49. The molecule has 2 aromatic carbocycles. The summed E-state index contributed by atoms with van der Waals surface area (Å²) in [5.74, 6) is 1.15. The van der Waals surface area contributed by atoms with Gasteiger partial charge in [-0.25, -0.2) is 4.98 Å². The third-order valence-corrected chi connectivity index (χ3v) is 5.48. The van der Waals surface area contributed by atoms with Gasteiger partial charge in [-0.3, -0.25) is 4.90 Å². The van der Waals surface area contributed by atoms with E-state index >= 15 is 0 Å². The van der Waals surface area contributed by atoms with E-state index < -0.39 is 0 Å². The fraction of sp³-hybridized carbons (Fsp3) is 0.348. The summed E-state index contributed by atoms with van der Waals surface area (Å²) in [4.78, 5) is 9.42. The molecule has 1 aliphatic rings. The van der Waals surface area contributed by atoms with Crippen molar-refractivity contribution in [1.82, 2.24) is 14.5 Å². The summed E-state index contributed by atoms with van der Waals surface area (Å²) >= 11 is 0. The van der Waals surface area contributed by atoms with Crippen LogP contribution in [0.4, 0.5) is 5.69 Å². The number of anilines is 1. The van der Waals surface area contributed by atoms with E-state index in [0.29, 0.717) is 6.04 Å². The first-order valence-electron chi connectivity index (χ1n) is 9.76. The lowest BCUT2D eigenvalue weighted by molar-refractivity contribution is 0.239. The Labute approximate surface area is 162 Å². The van der Waals surface area contributed by atoms with E-state index in [-0.39, 0.29) is 0 Å². The molecule has 27 heavy (non-hydrogen) atoms. The van der Waals surface area contributed by atoms with Crippen molar-refractivity contribution in [3.8, 4) is 0 Å². The van der Waals surface area contributed by atoms with E-state index in [0.717, 1.165) is 25.5 Å². The molecule has 140 valence electrons. The molecule has 4 rings (SSSR count). The van der Waals surface area contributed by atoms with Gasteiger partial charge in [-0.05, 0) is 42.6 Å². The van der Waals surface area contributed by atoms with Gasteiger partial charge in [0.15, 0.2) is 0 Å². The average molecular weight is 361 g/mol. The lowest BCUT2D eigenvalue weighted by Crippen LogP contribution is -2.25. The first-order valence-corrected chi connectivity index (χ1v) is 9.76. The molecule has 0 bridgehead atoms. The van der Waals surface area contributed by atoms with E-state index in [9.17, 15) is 0 Å². The molecule has 0 amide bonds. The maximum Gasteiger partial charge on any atom is 0.123 e. The number of imidazole rings is 1. The second kappa shape index (κ2) is 7.97. The van der Waals surface area contributed by atoms with Crippen LogP contribution in [0.15, 0.2) is 67.0 Å². The molecule has 0 N–H and O–H groups in total. The minimum Gasteiger partial charge on any atom is -0.378 e. The van der Waals surface area contributed by atoms with Crippen LogP contribution in [0.5, 0.6) is 0 Å². The number of rotatable bonds is 6. The normalized spacial score (nSPS) is 17.3. The highest BCUT2D eigenvalue weighted by molar-refractivity contribution is 5.48. The highest BCUT2D eigenvalue weighted by Gasteiger charge is 2.27. The van der Waals surface area contributed by atoms with Gasteiger partial charge >= 0.3 is 0 Å². The van der Waals surface area contributed by atoms with Crippen molar-refractivity contribution >= 4 is 5.69 Å². The number of benzene rings is 2. The molecule has 0 saturated carbocycles. The summed E-state index contributed by atoms with van der Waals surface area (Å²) < 4.78 is 2.28. The van der Waals surface area contributed by atoms with Gasteiger partial charge in [-0.15, -0.1) is 0 Å². The maximum atomic E-state index is 4.66. The Morgan fingerprint density at radius 1 is 1.04 bits per heavy atom. The van der Waals surface area contributed by atoms with Gasteiger partial charge in [0, 0.05) is 44.8 Å². The van der Waals surface area contributed by atoms with Crippen LogP contribution in [0.2, 0.25) is 0 Å². The molecule has 1 aliphatic heterocycles. The van der Waals surface area contributed by atoms with Crippen molar-refractivity contribution in [2.24, 2.45) is 0 Å². The topological polar surface area (TPSA) is 24.3 Å². The third kappa shape index (κ3) is 4.06. The Morgan fingerprint density at radius 3 is 2.70 bits per heavy atom. The van der Waals surface area contributed by atoms with Crippen LogP contribution < -0.4 is 4.90 Å². The summed E-state index contributed by atoms with van der Waals surface area (Å²) in [6.45, 7) is 2.91. The molecule has 1 atom stereocenters. The average Bonchev–Trinajstić information content (AvgIpc) is 3.33. The van der Waals surface area contributed by atoms with Crippen LogP contribution in [0.3, 0.4) is 0 Å². The van der Waals surface area contributed by atoms with Crippen LogP contribution in [0.25, 0.3) is 0 Å². The van der Waals surface area contributed by atoms with Crippen molar-refractivity contribution < 1.29 is 0 Å². The molecule has 1 fully saturated rings. The molecule has 0 spiro atoms. The maximum absolute atomic E-state index is 4.66. The van der Waals surface area contributed by atoms with Crippen LogP contribution >= 0.6 is 0 Å². The van der Waals surface area contributed by atoms with Gasteiger partial charge in [-0.2, -0.15) is 0 Å². The number of aromatic nitrogens is 2. The summed E-state index contributed by atoms with van der Waals surface area (Å²) in [5, 5.41) is 0. The third-order valence-electron chi connectivity index (χ3n) is 5.48. The SMILES string of the molecule is CN(C)c1cccc(C2CCCN2Cc2nccn2Cc2ccccc2)c1. The molecule has 2 heterocycles. The molecule has 1 aromatic heterocycles. The van der Waals surface area contributed by atoms with Crippen molar-refractivity contribution in [2.75, 3.05) is 25.5 Å². The van der Waals surface area contributed by atoms with Gasteiger partial charge in [0.05, 0.1) is 6.54 Å². The summed E-state index contributed by atoms with van der Waals surface area (Å²) in [7, 11) is 4.21. The van der Waals surface area contributed by atoms with Crippen LogP contribution in [0, 0.1) is 0 Å². The highest BCUT2D eigenvalue weighted by Crippen LogP contribution is 2.34. The lowest BCUT2D eigenvalue weighted by Gasteiger charge is -2.26. The largest absolute Gasteiger partial charge is 0.378 e. The lowest BCUT2D eigenvalue weighted by atomic mass is 10.0. The van der Waals surface area contributed by atoms with E-state index in [4.69, 9.17) is 0 Å². The molecule has 4 heteroatoms.